The molecule has 0 saturated carbocycles. The lowest BCUT2D eigenvalue weighted by molar-refractivity contribution is -0.160. The van der Waals surface area contributed by atoms with Gasteiger partial charge >= 0.3 is 18.3 Å². The van der Waals surface area contributed by atoms with Crippen LogP contribution in [0.4, 0.5) is 26.3 Å². The quantitative estimate of drug-likeness (QED) is 0.435. The molecule has 1 unspecified atom stereocenters. The second-order valence-corrected chi connectivity index (χ2v) is 2.62. The molecule has 0 aliphatic carbocycles. The maximum Gasteiger partial charge on any atom is 0.411 e. The van der Waals surface area contributed by atoms with Gasteiger partial charge in [-0.15, -0.1) is 0 Å². The van der Waals surface area contributed by atoms with Gasteiger partial charge in [0, 0.05) is 27.5 Å². The molecule has 0 aromatic rings. The monoisotopic (exact) mass is 398 g/mol. The molecule has 0 rings (SSSR count). The average molecular weight is 398 g/mol. The summed E-state index contributed by atoms with van der Waals surface area (Å²) in [6.45, 7) is -17.3. The zero-order valence-electron chi connectivity index (χ0n) is 31.0. The average Bonchev–Trinajstić information content (AvgIpc) is 2.74. The van der Waals surface area contributed by atoms with Gasteiger partial charge in [0.25, 0.3) is 0 Å². The van der Waals surface area contributed by atoms with Crippen LogP contribution in [0.25, 0.3) is 0 Å². The molecule has 0 amide bonds. The number of hydrogen-bond donors (Lipinski definition) is 5. The van der Waals surface area contributed by atoms with Gasteiger partial charge in [-0.25, -0.2) is 0 Å². The predicted octanol–water partition coefficient (Wildman–Crippen LogP) is 1.70. The fourth-order valence-electron chi connectivity index (χ4n) is 0.156. The summed E-state index contributed by atoms with van der Waals surface area (Å²) in [5.74, 6) is -1.90. The van der Waals surface area contributed by atoms with E-state index in [0.717, 1.165) is 0 Å². The highest BCUT2D eigenvalue weighted by molar-refractivity contribution is 5.66. The summed E-state index contributed by atoms with van der Waals surface area (Å²) >= 11 is 0. The summed E-state index contributed by atoms with van der Waals surface area (Å²) < 4.78 is 197. The van der Waals surface area contributed by atoms with Crippen LogP contribution in [-0.2, 0) is 4.79 Å². The van der Waals surface area contributed by atoms with Gasteiger partial charge in [0.15, 0.2) is 0 Å². The number of rotatable bonds is 6. The molecule has 0 fully saturated rings. The van der Waals surface area contributed by atoms with Gasteiger partial charge in [-0.05, 0) is 27.0 Å². The molecule has 0 aliphatic rings. The fraction of sp³-hybridized carbons (Fsp3) is 0.917. The lowest BCUT2D eigenvalue weighted by atomic mass is 10.2. The van der Waals surface area contributed by atoms with Crippen LogP contribution in [0.2, 0.25) is 0 Å². The van der Waals surface area contributed by atoms with Crippen LogP contribution >= 0.6 is 0 Å². The number of alkyl halides is 6. The Labute approximate surface area is 163 Å². The number of aliphatic carboxylic acids is 1. The Hall–Kier alpha value is -1.11. The normalized spacial score (nSPS) is 29.1. The van der Waals surface area contributed by atoms with E-state index in [9.17, 15) is 31.1 Å². The van der Waals surface area contributed by atoms with Crippen molar-refractivity contribution in [2.75, 3.05) is 13.1 Å². The third-order valence-electron chi connectivity index (χ3n) is 0.643. The first-order valence-corrected chi connectivity index (χ1v) is 4.60. The number of aliphatic hydroxyl groups is 4. The number of carboxylic acid groups (broad SMARTS) is 1. The fourth-order valence-corrected chi connectivity index (χ4v) is 0.156. The second-order valence-electron chi connectivity index (χ2n) is 2.62. The van der Waals surface area contributed by atoms with E-state index in [1.54, 1.807) is 0 Å². The number of hydrogen-bond acceptors (Lipinski definition) is 5. The van der Waals surface area contributed by atoms with Gasteiger partial charge in [-0.3, -0.25) is 4.79 Å². The summed E-state index contributed by atoms with van der Waals surface area (Å²) in [6.07, 6.45) is -20.6. The second kappa shape index (κ2) is 16.7. The summed E-state index contributed by atoms with van der Waals surface area (Å²) in [6, 6.07) is 0. The molecule has 1 atom stereocenters. The minimum atomic E-state index is -5.17. The molecule has 6 nitrogen and oxygen atoms in total. The largest absolute Gasteiger partial charge is 0.481 e. The molecule has 0 heterocycles. The molecule has 0 aromatic carbocycles. The zero-order valence-corrected chi connectivity index (χ0v) is 11.0. The first-order valence-electron chi connectivity index (χ1n) is 14.3. The van der Waals surface area contributed by atoms with Crippen LogP contribution in [0.1, 0.15) is 56.7 Å². The predicted molar refractivity (Wildman–Crippen MR) is 72.2 cm³/mol. The molecule has 0 aromatic heterocycles. The molecule has 0 aliphatic heterocycles. The molecular weight excluding hydrogens is 354 g/mol. The highest BCUT2D eigenvalue weighted by Crippen LogP contribution is 2.11. The van der Waals surface area contributed by atoms with Crippen molar-refractivity contribution < 1.29 is 80.0 Å². The minimum Gasteiger partial charge on any atom is -0.481 e. The first kappa shape index (κ1) is 7.25. The summed E-state index contributed by atoms with van der Waals surface area (Å²) in [7, 11) is 0. The Kier molecular flexibility index (Phi) is 5.06. The van der Waals surface area contributed by atoms with E-state index in [1.807, 2.05) is 0 Å². The van der Waals surface area contributed by atoms with Crippen molar-refractivity contribution in [3.05, 3.63) is 0 Å². The Balaban J connectivity index is -0.000000250. The van der Waals surface area contributed by atoms with E-state index in [-0.39, 0.29) is 0 Å². The van der Waals surface area contributed by atoms with Crippen LogP contribution in [0.15, 0.2) is 0 Å². The summed E-state index contributed by atoms with van der Waals surface area (Å²) in [4.78, 5) is 10.4. The van der Waals surface area contributed by atoms with Crippen molar-refractivity contribution in [2.45, 2.75) is 57.9 Å². The SMILES string of the molecule is [2H]C([2H])(O)C(F)(F)F.[2H]OC([2H])(C([2H])([2H])[2H])C([2H])([2H])[2H].[2H]OC([2H])(CC([2H])([2H])C(=O)O)C([2H])([2H])[2H].[2H]OC([2H])([2H])C(F)(F)F. The molecule has 0 spiro atoms. The lowest BCUT2D eigenvalue weighted by Gasteiger charge is -1.97. The third kappa shape index (κ3) is 84.5. The van der Waals surface area contributed by atoms with Crippen LogP contribution < -0.4 is 0 Å². The molecule has 150 valence electrons. The van der Waals surface area contributed by atoms with Crippen molar-refractivity contribution >= 4 is 5.97 Å². The molecule has 24 heavy (non-hydrogen) atoms. The Morgan fingerprint density at radius 1 is 1.12 bits per heavy atom. The van der Waals surface area contributed by atoms with E-state index in [1.165, 1.54) is 0 Å². The van der Waals surface area contributed by atoms with Crippen LogP contribution in [-0.4, -0.2) is 73.4 Å². The summed E-state index contributed by atoms with van der Waals surface area (Å²) in [5.41, 5.74) is 0. The van der Waals surface area contributed by atoms with Gasteiger partial charge in [0.05, 0.1) is 14.3 Å². The summed E-state index contributed by atoms with van der Waals surface area (Å²) in [5, 5.41) is 25.8. The maximum atomic E-state index is 11.2. The smallest absolute Gasteiger partial charge is 0.411 e. The van der Waals surface area contributed by atoms with Crippen molar-refractivity contribution in [1.82, 2.24) is 0 Å². The number of carboxylic acids is 1. The first-order chi connectivity index (χ1) is 18.6. The highest BCUT2D eigenvalue weighted by Gasteiger charge is 2.25. The van der Waals surface area contributed by atoms with E-state index in [4.69, 9.17) is 37.8 Å². The molecule has 0 saturated heterocycles. The molecule has 12 heteroatoms. The zero-order chi connectivity index (χ0) is 37.4. The van der Waals surface area contributed by atoms with Gasteiger partial charge in [0.1, 0.15) is 13.1 Å². The number of carbonyl (C=O) groups is 1. The van der Waals surface area contributed by atoms with E-state index in [0.29, 0.717) is 0 Å². The Morgan fingerprint density at radius 3 is 1.75 bits per heavy atom. The van der Waals surface area contributed by atoms with Crippen LogP contribution in [0.5, 0.6) is 0 Å². The van der Waals surface area contributed by atoms with Gasteiger partial charge < -0.3 is 25.5 Å². The number of halogens is 6. The lowest BCUT2D eigenvalue weighted by Crippen LogP contribution is -2.12. The third-order valence-corrected chi connectivity index (χ3v) is 0.643. The van der Waals surface area contributed by atoms with Gasteiger partial charge in [0.2, 0.25) is 4.29 Å². The Morgan fingerprint density at radius 2 is 1.62 bits per heavy atom. The van der Waals surface area contributed by atoms with E-state index in [2.05, 4.69) is 15.3 Å². The highest BCUT2D eigenvalue weighted by atomic mass is 19.4. The van der Waals surface area contributed by atoms with Gasteiger partial charge in [-0.2, -0.15) is 26.3 Å². The van der Waals surface area contributed by atoms with Crippen molar-refractivity contribution in [2.24, 2.45) is 0 Å². The van der Waals surface area contributed by atoms with Crippen LogP contribution in [0.3, 0.4) is 0 Å². The maximum absolute atomic E-state index is 11.2. The van der Waals surface area contributed by atoms with Crippen molar-refractivity contribution in [3.8, 4) is 0 Å². The Bertz CT molecular complexity index is 841. The standard InChI is InChI=1S/C5H10O3.C3H8O.2C2H3F3O/c1-4(6)2-3-5(7)8;1-3(2)4;2*3-2(4,5)1-6/h4,6H,2-3H2,1H3,(H,7,8);3-4H,1-2H3;2*6H,1H2/i1D3,3D2,4D,6D;1D3,2D3,3D,4D;1D2,6D;1D2. The van der Waals surface area contributed by atoms with E-state index >= 15 is 0 Å². The van der Waals surface area contributed by atoms with Crippen molar-refractivity contribution in [3.63, 3.8) is 0 Å². The van der Waals surface area contributed by atoms with E-state index < -0.39 is 76.9 Å². The minimum absolute atomic E-state index is 1.25. The van der Waals surface area contributed by atoms with Crippen LogP contribution in [0, 0.1) is 0 Å². The molecule has 5 N–H and O–H groups in total. The molecule has 0 radical (unpaired) electrons. The van der Waals surface area contributed by atoms with Gasteiger partial charge in [-0.1, -0.05) is 0 Å². The van der Waals surface area contributed by atoms with Crippen molar-refractivity contribution in [1.29, 1.82) is 4.29 Å². The molecular formula is C12H24F6O6. The molecule has 0 bridgehead atoms. The topological polar surface area (TPSA) is 118 Å².